The standard InChI is InChI=1S/C20H20Cl2N4O3S/c21-18-3-1-2-14(19(18)22)9-11-30(28,29)26-16-6-4-15(5-7-16)20(27)24-10-8-17-12-23-13-25-17/h1-7,12-13,26H,8-11H2,(H,23,25)(H,24,27). The minimum Gasteiger partial charge on any atom is -0.352 e. The maximum atomic E-state index is 12.4. The topological polar surface area (TPSA) is 104 Å². The van der Waals surface area contributed by atoms with Gasteiger partial charge in [-0.15, -0.1) is 0 Å². The summed E-state index contributed by atoms with van der Waals surface area (Å²) in [5.41, 5.74) is 2.41. The van der Waals surface area contributed by atoms with Crippen molar-refractivity contribution in [3.8, 4) is 0 Å². The highest BCUT2D eigenvalue weighted by molar-refractivity contribution is 7.92. The average Bonchev–Trinajstić information content (AvgIpc) is 3.23. The van der Waals surface area contributed by atoms with E-state index in [0.717, 1.165) is 5.69 Å². The van der Waals surface area contributed by atoms with Crippen LogP contribution in [0.5, 0.6) is 0 Å². The second kappa shape index (κ2) is 9.97. The number of aromatic amines is 1. The fourth-order valence-electron chi connectivity index (χ4n) is 2.74. The molecule has 3 N–H and O–H groups in total. The lowest BCUT2D eigenvalue weighted by molar-refractivity contribution is 0.0954. The summed E-state index contributed by atoms with van der Waals surface area (Å²) in [6.45, 7) is 0.460. The second-order valence-electron chi connectivity index (χ2n) is 6.54. The minimum absolute atomic E-state index is 0.150. The number of hydrogen-bond donors (Lipinski definition) is 3. The number of rotatable bonds is 9. The van der Waals surface area contributed by atoms with Gasteiger partial charge in [-0.3, -0.25) is 9.52 Å². The first-order valence-electron chi connectivity index (χ1n) is 9.13. The fourth-order valence-corrected chi connectivity index (χ4v) is 4.24. The first-order chi connectivity index (χ1) is 14.3. The van der Waals surface area contributed by atoms with Gasteiger partial charge >= 0.3 is 0 Å². The van der Waals surface area contributed by atoms with Crippen molar-refractivity contribution < 1.29 is 13.2 Å². The molecule has 0 aliphatic carbocycles. The Balaban J connectivity index is 1.52. The smallest absolute Gasteiger partial charge is 0.251 e. The van der Waals surface area contributed by atoms with Crippen molar-refractivity contribution in [3.05, 3.63) is 81.9 Å². The quantitative estimate of drug-likeness (QED) is 0.447. The Bertz CT molecular complexity index is 1100. The molecule has 10 heteroatoms. The summed E-state index contributed by atoms with van der Waals surface area (Å²) in [6.07, 6.45) is 4.15. The van der Waals surface area contributed by atoms with E-state index in [-0.39, 0.29) is 18.1 Å². The van der Waals surface area contributed by atoms with E-state index in [9.17, 15) is 13.2 Å². The molecule has 0 unspecified atom stereocenters. The van der Waals surface area contributed by atoms with Crippen LogP contribution in [0.15, 0.2) is 55.0 Å². The predicted octanol–water partition coefficient (Wildman–Crippen LogP) is 3.67. The number of sulfonamides is 1. The van der Waals surface area contributed by atoms with Gasteiger partial charge in [-0.25, -0.2) is 13.4 Å². The molecule has 3 aromatic rings. The van der Waals surface area contributed by atoms with Gasteiger partial charge in [-0.2, -0.15) is 0 Å². The number of amides is 1. The first-order valence-corrected chi connectivity index (χ1v) is 11.5. The number of carbonyl (C=O) groups is 1. The van der Waals surface area contributed by atoms with Gasteiger partial charge in [0.1, 0.15) is 0 Å². The molecule has 3 rings (SSSR count). The van der Waals surface area contributed by atoms with Gasteiger partial charge in [0.05, 0.1) is 22.1 Å². The Morgan fingerprint density at radius 3 is 2.53 bits per heavy atom. The van der Waals surface area contributed by atoms with Gasteiger partial charge in [-0.05, 0) is 42.3 Å². The maximum Gasteiger partial charge on any atom is 0.251 e. The van der Waals surface area contributed by atoms with Crippen molar-refractivity contribution in [1.29, 1.82) is 0 Å². The Kier molecular flexibility index (Phi) is 7.36. The highest BCUT2D eigenvalue weighted by atomic mass is 35.5. The van der Waals surface area contributed by atoms with E-state index < -0.39 is 10.0 Å². The maximum absolute atomic E-state index is 12.4. The number of nitrogens with one attached hydrogen (secondary N) is 3. The highest BCUT2D eigenvalue weighted by Gasteiger charge is 2.14. The van der Waals surface area contributed by atoms with Crippen LogP contribution in [-0.2, 0) is 22.9 Å². The zero-order valence-corrected chi connectivity index (χ0v) is 18.2. The number of imidazole rings is 1. The van der Waals surface area contributed by atoms with Crippen molar-refractivity contribution in [1.82, 2.24) is 15.3 Å². The van der Waals surface area contributed by atoms with E-state index in [2.05, 4.69) is 20.0 Å². The molecule has 1 amide bonds. The molecule has 0 saturated heterocycles. The Morgan fingerprint density at radius 2 is 1.83 bits per heavy atom. The van der Waals surface area contributed by atoms with E-state index in [1.807, 2.05) is 0 Å². The third kappa shape index (κ3) is 6.22. The van der Waals surface area contributed by atoms with Gasteiger partial charge in [0.15, 0.2) is 0 Å². The lowest BCUT2D eigenvalue weighted by Gasteiger charge is -2.10. The molecular formula is C20H20Cl2N4O3S. The Hall–Kier alpha value is -2.55. The molecule has 0 aliphatic rings. The minimum atomic E-state index is -3.60. The van der Waals surface area contributed by atoms with Crippen LogP contribution in [0, 0.1) is 0 Å². The SMILES string of the molecule is O=C(NCCc1cnc[nH]1)c1ccc(NS(=O)(=O)CCc2cccc(Cl)c2Cl)cc1. The number of aryl methyl sites for hydroxylation is 1. The van der Waals surface area contributed by atoms with E-state index in [4.69, 9.17) is 23.2 Å². The summed E-state index contributed by atoms with van der Waals surface area (Å²) < 4.78 is 27.2. The molecule has 0 bridgehead atoms. The molecule has 1 heterocycles. The van der Waals surface area contributed by atoms with E-state index in [1.54, 1.807) is 55.0 Å². The first kappa shape index (κ1) is 22.1. The third-order valence-electron chi connectivity index (χ3n) is 4.33. The molecule has 7 nitrogen and oxygen atoms in total. The zero-order valence-electron chi connectivity index (χ0n) is 15.9. The van der Waals surface area contributed by atoms with Crippen LogP contribution >= 0.6 is 23.2 Å². The number of halogens is 2. The molecule has 1 aromatic heterocycles. The molecule has 0 fully saturated rings. The normalized spacial score (nSPS) is 11.3. The van der Waals surface area contributed by atoms with Crippen molar-refractivity contribution >= 4 is 44.8 Å². The Labute approximate surface area is 184 Å². The van der Waals surface area contributed by atoms with E-state index in [0.29, 0.717) is 39.8 Å². The van der Waals surface area contributed by atoms with Crippen LogP contribution in [0.1, 0.15) is 21.6 Å². The summed E-state index contributed by atoms with van der Waals surface area (Å²) in [5, 5.41) is 3.55. The summed E-state index contributed by atoms with van der Waals surface area (Å²) >= 11 is 12.1. The van der Waals surface area contributed by atoms with Gasteiger partial charge < -0.3 is 10.3 Å². The van der Waals surface area contributed by atoms with Crippen LogP contribution in [0.25, 0.3) is 0 Å². The number of nitrogens with zero attached hydrogens (tertiary/aromatic N) is 1. The molecule has 0 aliphatic heterocycles. The Morgan fingerprint density at radius 1 is 1.07 bits per heavy atom. The molecule has 0 saturated carbocycles. The van der Waals surface area contributed by atoms with Gasteiger partial charge in [0, 0.05) is 36.1 Å². The molecule has 0 atom stereocenters. The third-order valence-corrected chi connectivity index (χ3v) is 6.47. The molecule has 158 valence electrons. The van der Waals surface area contributed by atoms with Gasteiger partial charge in [-0.1, -0.05) is 35.3 Å². The monoisotopic (exact) mass is 466 g/mol. The van der Waals surface area contributed by atoms with E-state index >= 15 is 0 Å². The fraction of sp³-hybridized carbons (Fsp3) is 0.200. The van der Waals surface area contributed by atoms with Crippen LogP contribution < -0.4 is 10.0 Å². The summed E-state index contributed by atoms with van der Waals surface area (Å²) in [4.78, 5) is 19.1. The number of aromatic nitrogens is 2. The molecule has 0 radical (unpaired) electrons. The number of benzene rings is 2. The molecule has 0 spiro atoms. The number of carbonyl (C=O) groups excluding carboxylic acids is 1. The molecule has 30 heavy (non-hydrogen) atoms. The number of hydrogen-bond acceptors (Lipinski definition) is 4. The van der Waals surface area contributed by atoms with Crippen LogP contribution in [0.4, 0.5) is 5.69 Å². The number of H-pyrrole nitrogens is 1. The second-order valence-corrected chi connectivity index (χ2v) is 9.17. The van der Waals surface area contributed by atoms with Crippen molar-refractivity contribution in [3.63, 3.8) is 0 Å². The summed E-state index contributed by atoms with van der Waals surface area (Å²) in [7, 11) is -3.60. The predicted molar refractivity (Wildman–Crippen MR) is 119 cm³/mol. The van der Waals surface area contributed by atoms with Gasteiger partial charge in [0.25, 0.3) is 5.91 Å². The summed E-state index contributed by atoms with van der Waals surface area (Å²) in [6, 6.07) is 11.3. The van der Waals surface area contributed by atoms with Crippen molar-refractivity contribution in [2.75, 3.05) is 17.0 Å². The van der Waals surface area contributed by atoms with E-state index in [1.165, 1.54) is 0 Å². The largest absolute Gasteiger partial charge is 0.352 e. The highest BCUT2D eigenvalue weighted by Crippen LogP contribution is 2.26. The van der Waals surface area contributed by atoms with Crippen molar-refractivity contribution in [2.45, 2.75) is 12.8 Å². The van der Waals surface area contributed by atoms with Crippen LogP contribution in [0.2, 0.25) is 10.0 Å². The van der Waals surface area contributed by atoms with Crippen LogP contribution in [0.3, 0.4) is 0 Å². The molecular weight excluding hydrogens is 447 g/mol. The summed E-state index contributed by atoms with van der Waals surface area (Å²) in [5.74, 6) is -0.386. The van der Waals surface area contributed by atoms with Gasteiger partial charge in [0.2, 0.25) is 10.0 Å². The zero-order chi connectivity index (χ0) is 21.6. The van der Waals surface area contributed by atoms with Crippen molar-refractivity contribution in [2.24, 2.45) is 0 Å². The lowest BCUT2D eigenvalue weighted by Crippen LogP contribution is -2.25. The average molecular weight is 467 g/mol. The van der Waals surface area contributed by atoms with Crippen LogP contribution in [-0.4, -0.2) is 36.6 Å². The number of anilines is 1. The lowest BCUT2D eigenvalue weighted by atomic mass is 10.2. The molecule has 2 aromatic carbocycles.